The van der Waals surface area contributed by atoms with Gasteiger partial charge in [-0.05, 0) is 12.8 Å². The van der Waals surface area contributed by atoms with E-state index in [1.54, 1.807) is 0 Å². The zero-order valence-corrected chi connectivity index (χ0v) is 7.97. The van der Waals surface area contributed by atoms with Crippen LogP contribution < -0.4 is 5.32 Å². The van der Waals surface area contributed by atoms with E-state index in [1.807, 2.05) is 0 Å². The van der Waals surface area contributed by atoms with Gasteiger partial charge in [0.1, 0.15) is 0 Å². The van der Waals surface area contributed by atoms with Crippen LogP contribution in [-0.2, 0) is 4.74 Å². The predicted molar refractivity (Wildman–Crippen MR) is 49.5 cm³/mol. The molecule has 1 amide bonds. The Bertz CT molecular complexity index is 195. The Morgan fingerprint density at radius 3 is 2.38 bits per heavy atom. The molecule has 2 aliphatic rings. The highest BCUT2D eigenvalue weighted by Gasteiger charge is 2.35. The highest BCUT2D eigenvalue weighted by atomic mass is 16.6. The van der Waals surface area contributed by atoms with Crippen molar-refractivity contribution in [2.75, 3.05) is 6.61 Å². The maximum atomic E-state index is 11.1. The fourth-order valence-electron chi connectivity index (χ4n) is 2.43. The van der Waals surface area contributed by atoms with Crippen LogP contribution in [0.3, 0.4) is 0 Å². The summed E-state index contributed by atoms with van der Waals surface area (Å²) in [7, 11) is 0. The summed E-state index contributed by atoms with van der Waals surface area (Å²) >= 11 is 0. The topological polar surface area (TPSA) is 38.3 Å². The Morgan fingerprint density at radius 1 is 1.08 bits per heavy atom. The molecule has 2 fully saturated rings. The van der Waals surface area contributed by atoms with Crippen LogP contribution >= 0.6 is 0 Å². The van der Waals surface area contributed by atoms with Crippen LogP contribution in [0.5, 0.6) is 0 Å². The number of carbonyl (C=O) groups is 1. The molecule has 3 nitrogen and oxygen atoms in total. The lowest BCUT2D eigenvalue weighted by atomic mass is 9.86. The van der Waals surface area contributed by atoms with Gasteiger partial charge in [-0.3, -0.25) is 0 Å². The maximum absolute atomic E-state index is 11.1. The van der Waals surface area contributed by atoms with E-state index in [4.69, 9.17) is 4.74 Å². The number of alkyl carbamates (subject to hydrolysis) is 1. The molecule has 0 bridgehead atoms. The second-order valence-electron chi connectivity index (χ2n) is 4.21. The SMILES string of the molecule is O=C1NC2(CCCCCC2)CCO1. The lowest BCUT2D eigenvalue weighted by Crippen LogP contribution is -2.52. The van der Waals surface area contributed by atoms with Crippen LogP contribution in [-0.4, -0.2) is 18.2 Å². The molecule has 1 spiro atoms. The number of hydrogen-bond donors (Lipinski definition) is 1. The second kappa shape index (κ2) is 3.56. The van der Waals surface area contributed by atoms with E-state index in [9.17, 15) is 4.79 Å². The van der Waals surface area contributed by atoms with E-state index in [0.29, 0.717) is 6.61 Å². The molecular formula is C10H17NO2. The van der Waals surface area contributed by atoms with Crippen molar-refractivity contribution in [2.45, 2.75) is 50.5 Å². The first-order valence-electron chi connectivity index (χ1n) is 5.26. The Kier molecular flexibility index (Phi) is 2.42. The van der Waals surface area contributed by atoms with Crippen LogP contribution in [0.1, 0.15) is 44.9 Å². The predicted octanol–water partition coefficient (Wildman–Crippen LogP) is 2.21. The van der Waals surface area contributed by atoms with Gasteiger partial charge in [-0.15, -0.1) is 0 Å². The van der Waals surface area contributed by atoms with Gasteiger partial charge in [-0.1, -0.05) is 25.7 Å². The van der Waals surface area contributed by atoms with E-state index < -0.39 is 0 Å². The summed E-state index contributed by atoms with van der Waals surface area (Å²) in [5, 5.41) is 3.01. The molecule has 0 atom stereocenters. The third-order valence-electron chi connectivity index (χ3n) is 3.24. The van der Waals surface area contributed by atoms with Crippen molar-refractivity contribution in [1.82, 2.24) is 5.32 Å². The minimum Gasteiger partial charge on any atom is -0.449 e. The fraction of sp³-hybridized carbons (Fsp3) is 0.900. The third kappa shape index (κ3) is 1.95. The van der Waals surface area contributed by atoms with Gasteiger partial charge in [0.2, 0.25) is 0 Å². The largest absolute Gasteiger partial charge is 0.449 e. The number of hydrogen-bond acceptors (Lipinski definition) is 2. The van der Waals surface area contributed by atoms with E-state index in [-0.39, 0.29) is 11.6 Å². The maximum Gasteiger partial charge on any atom is 0.407 e. The van der Waals surface area contributed by atoms with Crippen LogP contribution in [0.4, 0.5) is 4.79 Å². The van der Waals surface area contributed by atoms with Crippen molar-refractivity contribution in [3.8, 4) is 0 Å². The third-order valence-corrected chi connectivity index (χ3v) is 3.24. The van der Waals surface area contributed by atoms with Gasteiger partial charge in [0.15, 0.2) is 0 Å². The monoisotopic (exact) mass is 183 g/mol. The Labute approximate surface area is 78.8 Å². The van der Waals surface area contributed by atoms with Crippen molar-refractivity contribution in [3.63, 3.8) is 0 Å². The molecule has 0 radical (unpaired) electrons. The number of cyclic esters (lactones) is 1. The van der Waals surface area contributed by atoms with Gasteiger partial charge in [0, 0.05) is 12.0 Å². The van der Waals surface area contributed by atoms with Crippen molar-refractivity contribution >= 4 is 6.09 Å². The molecule has 13 heavy (non-hydrogen) atoms. The highest BCUT2D eigenvalue weighted by Crippen LogP contribution is 2.31. The molecular weight excluding hydrogens is 166 g/mol. The fourth-order valence-corrected chi connectivity index (χ4v) is 2.43. The molecule has 1 heterocycles. The summed E-state index contributed by atoms with van der Waals surface area (Å²) in [5.74, 6) is 0. The van der Waals surface area contributed by atoms with Gasteiger partial charge < -0.3 is 10.1 Å². The number of amides is 1. The summed E-state index contributed by atoms with van der Waals surface area (Å²) in [5.41, 5.74) is 0.0891. The van der Waals surface area contributed by atoms with E-state index in [0.717, 1.165) is 19.3 Å². The smallest absolute Gasteiger partial charge is 0.407 e. The van der Waals surface area contributed by atoms with Crippen molar-refractivity contribution in [2.24, 2.45) is 0 Å². The number of rotatable bonds is 0. The minimum absolute atomic E-state index is 0.0891. The molecule has 1 saturated carbocycles. The molecule has 74 valence electrons. The van der Waals surface area contributed by atoms with Crippen LogP contribution in [0, 0.1) is 0 Å². The average molecular weight is 183 g/mol. The molecule has 0 unspecified atom stereocenters. The summed E-state index contributed by atoms with van der Waals surface area (Å²) in [6.07, 6.45) is 8.20. The first-order valence-corrected chi connectivity index (χ1v) is 5.26. The van der Waals surface area contributed by atoms with Crippen molar-refractivity contribution in [3.05, 3.63) is 0 Å². The summed E-state index contributed by atoms with van der Waals surface area (Å²) in [6, 6.07) is 0. The molecule has 3 heteroatoms. The molecule has 0 aromatic heterocycles. The number of carbonyl (C=O) groups excluding carboxylic acids is 1. The van der Waals surface area contributed by atoms with Crippen LogP contribution in [0.25, 0.3) is 0 Å². The van der Waals surface area contributed by atoms with E-state index in [2.05, 4.69) is 5.32 Å². The minimum atomic E-state index is -0.215. The lowest BCUT2D eigenvalue weighted by molar-refractivity contribution is 0.0807. The van der Waals surface area contributed by atoms with Gasteiger partial charge >= 0.3 is 6.09 Å². The first kappa shape index (κ1) is 8.85. The van der Waals surface area contributed by atoms with Gasteiger partial charge in [0.05, 0.1) is 6.61 Å². The van der Waals surface area contributed by atoms with Crippen molar-refractivity contribution < 1.29 is 9.53 Å². The Balaban J connectivity index is 2.02. The van der Waals surface area contributed by atoms with Gasteiger partial charge in [-0.2, -0.15) is 0 Å². The lowest BCUT2D eigenvalue weighted by Gasteiger charge is -2.36. The van der Waals surface area contributed by atoms with Crippen LogP contribution in [0.15, 0.2) is 0 Å². The zero-order valence-electron chi connectivity index (χ0n) is 7.97. The standard InChI is InChI=1S/C10H17NO2/c12-9-11-10(7-8-13-9)5-3-1-2-4-6-10/h1-8H2,(H,11,12). The quantitative estimate of drug-likeness (QED) is 0.625. The normalized spacial score (nSPS) is 27.5. The molecule has 1 N–H and O–H groups in total. The van der Waals surface area contributed by atoms with E-state index in [1.165, 1.54) is 25.7 Å². The van der Waals surface area contributed by atoms with E-state index >= 15 is 0 Å². The molecule has 0 aromatic rings. The zero-order chi connectivity index (χ0) is 9.15. The Hall–Kier alpha value is -0.730. The van der Waals surface area contributed by atoms with Crippen LogP contribution in [0.2, 0.25) is 0 Å². The number of ether oxygens (including phenoxy) is 1. The average Bonchev–Trinajstić information content (AvgIpc) is 2.31. The molecule has 1 aliphatic carbocycles. The number of nitrogens with one attached hydrogen (secondary N) is 1. The second-order valence-corrected chi connectivity index (χ2v) is 4.21. The first-order chi connectivity index (χ1) is 6.31. The molecule has 0 aromatic carbocycles. The molecule has 2 rings (SSSR count). The highest BCUT2D eigenvalue weighted by molar-refractivity contribution is 5.69. The summed E-state index contributed by atoms with van der Waals surface area (Å²) < 4.78 is 4.90. The summed E-state index contributed by atoms with van der Waals surface area (Å²) in [4.78, 5) is 11.1. The Morgan fingerprint density at radius 2 is 1.77 bits per heavy atom. The van der Waals surface area contributed by atoms with Gasteiger partial charge in [-0.25, -0.2) is 4.79 Å². The molecule has 1 saturated heterocycles. The molecule has 1 aliphatic heterocycles. The van der Waals surface area contributed by atoms with Crippen molar-refractivity contribution in [1.29, 1.82) is 0 Å². The summed E-state index contributed by atoms with van der Waals surface area (Å²) in [6.45, 7) is 0.603. The van der Waals surface area contributed by atoms with Gasteiger partial charge in [0.25, 0.3) is 0 Å².